The highest BCUT2D eigenvalue weighted by molar-refractivity contribution is 8.06. The van der Waals surface area contributed by atoms with Crippen molar-refractivity contribution in [3.05, 3.63) is 34.9 Å². The second kappa shape index (κ2) is 5.29. The Morgan fingerprint density at radius 3 is 2.18 bits per heavy atom. The Labute approximate surface area is 103 Å². The lowest BCUT2D eigenvalue weighted by Gasteiger charge is -2.01. The first-order valence-electron chi connectivity index (χ1n) is 4.57. The van der Waals surface area contributed by atoms with E-state index in [0.29, 0.717) is 5.02 Å². The van der Waals surface area contributed by atoms with Gasteiger partial charge < -0.3 is 5.11 Å². The van der Waals surface area contributed by atoms with Crippen molar-refractivity contribution in [3.8, 4) is 0 Å². The third-order valence-corrected chi connectivity index (χ3v) is 3.74. The summed E-state index contributed by atoms with van der Waals surface area (Å²) in [6, 6.07) is 5.34. The van der Waals surface area contributed by atoms with E-state index in [4.69, 9.17) is 16.7 Å². The zero-order valence-corrected chi connectivity index (χ0v) is 10.2. The molecule has 1 rings (SSSR count). The minimum absolute atomic E-state index is 0.0280. The Kier molecular flexibility index (Phi) is 4.25. The molecule has 1 aromatic carbocycles. The van der Waals surface area contributed by atoms with Gasteiger partial charge in [0.15, 0.2) is 0 Å². The second-order valence-corrected chi connectivity index (χ2v) is 5.70. The first-order chi connectivity index (χ1) is 7.83. The van der Waals surface area contributed by atoms with Crippen LogP contribution in [-0.2, 0) is 14.6 Å². The topological polar surface area (TPSA) is 88.5 Å². The molecule has 0 aliphatic rings. The van der Waals surface area contributed by atoms with E-state index in [9.17, 15) is 18.0 Å². The normalized spacial score (nSPS) is 11.1. The number of carbonyl (C=O) groups excluding carboxylic acids is 1. The maximum absolute atomic E-state index is 11.6. The molecule has 17 heavy (non-hydrogen) atoms. The molecule has 0 radical (unpaired) electrons. The Bertz CT molecular complexity index is 532. The molecule has 0 aromatic heterocycles. The minimum atomic E-state index is -4.08. The molecule has 5 nitrogen and oxygen atoms in total. The number of sulfone groups is 1. The van der Waals surface area contributed by atoms with Crippen molar-refractivity contribution in [1.82, 2.24) is 0 Å². The van der Waals surface area contributed by atoms with Crippen LogP contribution in [0.1, 0.15) is 16.8 Å². The van der Waals surface area contributed by atoms with Crippen LogP contribution in [0, 0.1) is 0 Å². The predicted octanol–water partition coefficient (Wildman–Crippen LogP) is 1.37. The van der Waals surface area contributed by atoms with Crippen LogP contribution in [0.25, 0.3) is 0 Å². The Morgan fingerprint density at radius 1 is 1.18 bits per heavy atom. The highest BCUT2D eigenvalue weighted by Gasteiger charge is 2.24. The van der Waals surface area contributed by atoms with E-state index in [0.717, 1.165) is 0 Å². The Hall–Kier alpha value is -1.40. The van der Waals surface area contributed by atoms with Crippen molar-refractivity contribution in [2.45, 2.75) is 6.42 Å². The molecule has 92 valence electrons. The van der Waals surface area contributed by atoms with Crippen LogP contribution in [0.4, 0.5) is 0 Å². The number of hydrogen-bond donors (Lipinski definition) is 1. The van der Waals surface area contributed by atoms with E-state index in [-0.39, 0.29) is 5.56 Å². The quantitative estimate of drug-likeness (QED) is 0.897. The van der Waals surface area contributed by atoms with E-state index in [1.165, 1.54) is 24.3 Å². The van der Waals surface area contributed by atoms with Crippen molar-refractivity contribution in [1.29, 1.82) is 0 Å². The van der Waals surface area contributed by atoms with Crippen molar-refractivity contribution in [2.24, 2.45) is 0 Å². The fourth-order valence-electron chi connectivity index (χ4n) is 1.08. The number of hydrogen-bond acceptors (Lipinski definition) is 4. The largest absolute Gasteiger partial charge is 0.481 e. The minimum Gasteiger partial charge on any atom is -0.481 e. The summed E-state index contributed by atoms with van der Waals surface area (Å²) in [7, 11) is -4.08. The van der Waals surface area contributed by atoms with Crippen molar-refractivity contribution in [2.75, 3.05) is 5.75 Å². The molecule has 0 aliphatic heterocycles. The lowest BCUT2D eigenvalue weighted by atomic mass is 10.2. The van der Waals surface area contributed by atoms with Gasteiger partial charge in [0.1, 0.15) is 0 Å². The smallest absolute Gasteiger partial charge is 0.304 e. The molecule has 0 bridgehead atoms. The SMILES string of the molecule is O=C(O)CCS(=O)(=O)C(=O)c1ccc(Cl)cc1. The molecule has 0 spiro atoms. The van der Waals surface area contributed by atoms with Crippen LogP contribution < -0.4 is 0 Å². The molecule has 0 atom stereocenters. The molecular formula is C10H9ClO5S. The summed E-state index contributed by atoms with van der Waals surface area (Å²) in [6.45, 7) is 0. The number of aliphatic carboxylic acids is 1. The standard InChI is InChI=1S/C10H9ClO5S/c11-8-3-1-7(2-4-8)10(14)17(15,16)6-5-9(12)13/h1-4H,5-6H2,(H,12,13). The molecule has 0 amide bonds. The van der Waals surface area contributed by atoms with Gasteiger partial charge in [-0.3, -0.25) is 9.59 Å². The van der Waals surface area contributed by atoms with E-state index in [2.05, 4.69) is 0 Å². The molecule has 1 N–H and O–H groups in total. The molecule has 0 unspecified atom stereocenters. The molecule has 7 heteroatoms. The van der Waals surface area contributed by atoms with Gasteiger partial charge in [0.25, 0.3) is 5.12 Å². The summed E-state index contributed by atoms with van der Waals surface area (Å²) in [5, 5.41) is 7.66. The summed E-state index contributed by atoms with van der Waals surface area (Å²) >= 11 is 5.59. The monoisotopic (exact) mass is 276 g/mol. The highest BCUT2D eigenvalue weighted by atomic mass is 35.5. The van der Waals surface area contributed by atoms with Crippen molar-refractivity contribution < 1.29 is 23.1 Å². The van der Waals surface area contributed by atoms with E-state index >= 15 is 0 Å². The molecule has 0 fully saturated rings. The van der Waals surface area contributed by atoms with Crippen LogP contribution in [0.3, 0.4) is 0 Å². The van der Waals surface area contributed by atoms with Gasteiger partial charge in [0.2, 0.25) is 9.84 Å². The molecular weight excluding hydrogens is 268 g/mol. The number of carboxylic acids is 1. The van der Waals surface area contributed by atoms with Crippen LogP contribution in [0.15, 0.2) is 24.3 Å². The molecule has 0 heterocycles. The summed E-state index contributed by atoms with van der Waals surface area (Å²) in [5.41, 5.74) is -0.0280. The highest BCUT2D eigenvalue weighted by Crippen LogP contribution is 2.13. The Morgan fingerprint density at radius 2 is 1.71 bits per heavy atom. The first-order valence-corrected chi connectivity index (χ1v) is 6.60. The van der Waals surface area contributed by atoms with E-state index < -0.39 is 33.1 Å². The van der Waals surface area contributed by atoms with Gasteiger partial charge in [-0.15, -0.1) is 0 Å². The van der Waals surface area contributed by atoms with Gasteiger partial charge in [-0.05, 0) is 24.3 Å². The molecule has 0 saturated carbocycles. The second-order valence-electron chi connectivity index (χ2n) is 3.26. The Balaban J connectivity index is 2.89. The first kappa shape index (κ1) is 13.7. The van der Waals surface area contributed by atoms with Gasteiger partial charge in [-0.2, -0.15) is 0 Å². The van der Waals surface area contributed by atoms with Crippen LogP contribution in [-0.4, -0.2) is 30.4 Å². The van der Waals surface area contributed by atoms with Crippen LogP contribution in [0.5, 0.6) is 0 Å². The molecule has 1 aromatic rings. The zero-order chi connectivity index (χ0) is 13.1. The average molecular weight is 277 g/mol. The van der Waals surface area contributed by atoms with Crippen molar-refractivity contribution >= 4 is 32.5 Å². The predicted molar refractivity (Wildman–Crippen MR) is 61.8 cm³/mol. The maximum Gasteiger partial charge on any atom is 0.304 e. The number of rotatable bonds is 4. The third kappa shape index (κ3) is 3.83. The zero-order valence-electron chi connectivity index (χ0n) is 8.59. The maximum atomic E-state index is 11.6. The van der Waals surface area contributed by atoms with Crippen molar-refractivity contribution in [3.63, 3.8) is 0 Å². The number of carboxylic acid groups (broad SMARTS) is 1. The van der Waals surface area contributed by atoms with Crippen LogP contribution >= 0.6 is 11.6 Å². The summed E-state index contributed by atoms with van der Waals surface area (Å²) in [5.74, 6) is -1.97. The van der Waals surface area contributed by atoms with Gasteiger partial charge in [0.05, 0.1) is 12.2 Å². The summed E-state index contributed by atoms with van der Waals surface area (Å²) < 4.78 is 22.9. The lowest BCUT2D eigenvalue weighted by molar-refractivity contribution is -0.136. The van der Waals surface area contributed by atoms with E-state index in [1.54, 1.807) is 0 Å². The molecule has 0 aliphatic carbocycles. The number of halogens is 1. The van der Waals surface area contributed by atoms with Gasteiger partial charge >= 0.3 is 5.97 Å². The summed E-state index contributed by atoms with van der Waals surface area (Å²) in [4.78, 5) is 21.8. The van der Waals surface area contributed by atoms with Crippen LogP contribution in [0.2, 0.25) is 5.02 Å². The number of benzene rings is 1. The van der Waals surface area contributed by atoms with E-state index in [1.807, 2.05) is 0 Å². The summed E-state index contributed by atoms with van der Waals surface area (Å²) in [6.07, 6.45) is -0.596. The van der Waals surface area contributed by atoms with Gasteiger partial charge in [0, 0.05) is 10.6 Å². The molecule has 0 saturated heterocycles. The fourth-order valence-corrected chi connectivity index (χ4v) is 2.33. The van der Waals surface area contributed by atoms with Gasteiger partial charge in [-0.25, -0.2) is 8.42 Å². The third-order valence-electron chi connectivity index (χ3n) is 1.95. The average Bonchev–Trinajstić information content (AvgIpc) is 2.27. The van der Waals surface area contributed by atoms with Gasteiger partial charge in [-0.1, -0.05) is 11.6 Å². The lowest BCUT2D eigenvalue weighted by Crippen LogP contribution is -2.20. The number of carbonyl (C=O) groups is 2. The fraction of sp³-hybridized carbons (Fsp3) is 0.200.